The van der Waals surface area contributed by atoms with E-state index in [0.29, 0.717) is 17.2 Å². The summed E-state index contributed by atoms with van der Waals surface area (Å²) in [5, 5.41) is 4.20. The fourth-order valence-corrected chi connectivity index (χ4v) is 4.57. The van der Waals surface area contributed by atoms with Crippen LogP contribution in [-0.4, -0.2) is 32.3 Å². The molecule has 1 saturated carbocycles. The van der Waals surface area contributed by atoms with Gasteiger partial charge in [0, 0.05) is 5.71 Å². The molecule has 3 rings (SSSR count). The maximum absolute atomic E-state index is 12.6. The molecule has 30 heavy (non-hydrogen) atoms. The fourth-order valence-electron chi connectivity index (χ4n) is 3.39. The normalized spacial score (nSPS) is 15.2. The number of hydrazone groups is 1. The summed E-state index contributed by atoms with van der Waals surface area (Å²) in [6.45, 7) is 1.55. The van der Waals surface area contributed by atoms with Crippen LogP contribution >= 0.6 is 0 Å². The SMILES string of the molecule is C[C@@H](C(=O)NN=C1CCCCC1)N(c1ccc(Oc2ccccc2)cc1)S(C)(=O)=O. The number of para-hydroxylation sites is 1. The Morgan fingerprint density at radius 1 is 1.00 bits per heavy atom. The minimum absolute atomic E-state index is 0.380. The van der Waals surface area contributed by atoms with Crippen molar-refractivity contribution >= 4 is 27.3 Å². The zero-order chi connectivity index (χ0) is 21.6. The molecule has 0 spiro atoms. The van der Waals surface area contributed by atoms with Gasteiger partial charge < -0.3 is 4.74 Å². The highest BCUT2D eigenvalue weighted by atomic mass is 32.2. The highest BCUT2D eigenvalue weighted by molar-refractivity contribution is 7.92. The number of nitrogens with zero attached hydrogens (tertiary/aromatic N) is 2. The van der Waals surface area contributed by atoms with Crippen molar-refractivity contribution in [1.82, 2.24) is 5.43 Å². The van der Waals surface area contributed by atoms with Crippen LogP contribution in [0.1, 0.15) is 39.0 Å². The van der Waals surface area contributed by atoms with E-state index in [1.807, 2.05) is 30.3 Å². The number of anilines is 1. The third kappa shape index (κ3) is 5.82. The molecule has 0 bridgehead atoms. The number of amides is 1. The maximum Gasteiger partial charge on any atom is 0.263 e. The van der Waals surface area contributed by atoms with Crippen molar-refractivity contribution in [3.63, 3.8) is 0 Å². The highest BCUT2D eigenvalue weighted by Crippen LogP contribution is 2.27. The number of ether oxygens (including phenoxy) is 1. The van der Waals surface area contributed by atoms with E-state index in [1.165, 1.54) is 6.42 Å². The number of carbonyl (C=O) groups is 1. The molecule has 0 aliphatic heterocycles. The summed E-state index contributed by atoms with van der Waals surface area (Å²) in [4.78, 5) is 12.6. The number of nitrogens with one attached hydrogen (secondary N) is 1. The van der Waals surface area contributed by atoms with Crippen LogP contribution in [0.5, 0.6) is 11.5 Å². The lowest BCUT2D eigenvalue weighted by molar-refractivity contribution is -0.121. The van der Waals surface area contributed by atoms with Crippen molar-refractivity contribution in [3.05, 3.63) is 54.6 Å². The molecule has 7 nitrogen and oxygen atoms in total. The van der Waals surface area contributed by atoms with Gasteiger partial charge in [-0.15, -0.1) is 0 Å². The minimum Gasteiger partial charge on any atom is -0.457 e. The van der Waals surface area contributed by atoms with E-state index in [4.69, 9.17) is 4.74 Å². The van der Waals surface area contributed by atoms with Gasteiger partial charge in [0.25, 0.3) is 5.91 Å². The summed E-state index contributed by atoms with van der Waals surface area (Å²) >= 11 is 0. The Hall–Kier alpha value is -2.87. The number of benzene rings is 2. The Morgan fingerprint density at radius 2 is 1.60 bits per heavy atom. The molecule has 1 aliphatic rings. The fraction of sp³-hybridized carbons (Fsp3) is 0.364. The molecule has 1 N–H and O–H groups in total. The van der Waals surface area contributed by atoms with Gasteiger partial charge >= 0.3 is 0 Å². The topological polar surface area (TPSA) is 88.1 Å². The molecule has 1 amide bonds. The molecule has 0 radical (unpaired) electrons. The molecule has 160 valence electrons. The molecule has 0 unspecified atom stereocenters. The Bertz CT molecular complexity index is 981. The van der Waals surface area contributed by atoms with Gasteiger partial charge in [0.1, 0.15) is 17.5 Å². The van der Waals surface area contributed by atoms with Gasteiger partial charge in [-0.1, -0.05) is 24.6 Å². The largest absolute Gasteiger partial charge is 0.457 e. The van der Waals surface area contributed by atoms with E-state index in [9.17, 15) is 13.2 Å². The Labute approximate surface area is 177 Å². The minimum atomic E-state index is -3.69. The van der Waals surface area contributed by atoms with Crippen LogP contribution in [0.3, 0.4) is 0 Å². The van der Waals surface area contributed by atoms with E-state index in [1.54, 1.807) is 31.2 Å². The molecule has 8 heteroatoms. The lowest BCUT2D eigenvalue weighted by Crippen LogP contribution is -2.47. The summed E-state index contributed by atoms with van der Waals surface area (Å²) in [5.74, 6) is 0.780. The van der Waals surface area contributed by atoms with Crippen molar-refractivity contribution in [2.24, 2.45) is 5.10 Å². The van der Waals surface area contributed by atoms with Gasteiger partial charge in [-0.25, -0.2) is 13.8 Å². The van der Waals surface area contributed by atoms with Crippen LogP contribution in [0.15, 0.2) is 59.7 Å². The second kappa shape index (κ2) is 9.75. The van der Waals surface area contributed by atoms with Crippen LogP contribution in [-0.2, 0) is 14.8 Å². The van der Waals surface area contributed by atoms with E-state index in [2.05, 4.69) is 10.5 Å². The van der Waals surface area contributed by atoms with Crippen molar-refractivity contribution in [2.75, 3.05) is 10.6 Å². The van der Waals surface area contributed by atoms with E-state index in [0.717, 1.165) is 42.0 Å². The van der Waals surface area contributed by atoms with Crippen molar-refractivity contribution in [3.8, 4) is 11.5 Å². The first-order chi connectivity index (χ1) is 14.3. The average molecular weight is 430 g/mol. The van der Waals surface area contributed by atoms with Crippen LogP contribution < -0.4 is 14.5 Å². The Kier molecular flexibility index (Phi) is 7.10. The molecule has 0 aromatic heterocycles. The molecule has 2 aromatic carbocycles. The lowest BCUT2D eigenvalue weighted by atomic mass is 9.99. The summed E-state index contributed by atoms with van der Waals surface area (Å²) in [6.07, 6.45) is 6.13. The molecule has 0 saturated heterocycles. The summed E-state index contributed by atoms with van der Waals surface area (Å²) in [7, 11) is -3.69. The average Bonchev–Trinajstić information content (AvgIpc) is 2.74. The van der Waals surface area contributed by atoms with Crippen molar-refractivity contribution in [1.29, 1.82) is 0 Å². The van der Waals surface area contributed by atoms with Gasteiger partial charge in [0.05, 0.1) is 11.9 Å². The van der Waals surface area contributed by atoms with Gasteiger partial charge in [-0.2, -0.15) is 5.10 Å². The number of hydrogen-bond donors (Lipinski definition) is 1. The number of carbonyl (C=O) groups excluding carboxylic acids is 1. The van der Waals surface area contributed by atoms with Gasteiger partial charge in [0.2, 0.25) is 10.0 Å². The van der Waals surface area contributed by atoms with Crippen molar-refractivity contribution in [2.45, 2.75) is 45.1 Å². The highest BCUT2D eigenvalue weighted by Gasteiger charge is 2.29. The second-order valence-corrected chi connectivity index (χ2v) is 9.22. The summed E-state index contributed by atoms with van der Waals surface area (Å²) < 4.78 is 31.7. The van der Waals surface area contributed by atoms with Crippen LogP contribution in [0, 0.1) is 0 Å². The second-order valence-electron chi connectivity index (χ2n) is 7.36. The van der Waals surface area contributed by atoms with Crippen molar-refractivity contribution < 1.29 is 17.9 Å². The monoisotopic (exact) mass is 429 g/mol. The quantitative estimate of drug-likeness (QED) is 0.672. The molecule has 1 aliphatic carbocycles. The van der Waals surface area contributed by atoms with Gasteiger partial charge in [-0.05, 0) is 69.0 Å². The van der Waals surface area contributed by atoms with Crippen LogP contribution in [0.4, 0.5) is 5.69 Å². The van der Waals surface area contributed by atoms with Crippen LogP contribution in [0.2, 0.25) is 0 Å². The zero-order valence-electron chi connectivity index (χ0n) is 17.2. The molecular weight excluding hydrogens is 402 g/mol. The lowest BCUT2D eigenvalue weighted by Gasteiger charge is -2.28. The molecule has 2 aromatic rings. The molecule has 1 fully saturated rings. The Balaban J connectivity index is 1.74. The first-order valence-corrected chi connectivity index (χ1v) is 11.9. The zero-order valence-corrected chi connectivity index (χ0v) is 18.1. The molecule has 1 atom stereocenters. The molecular formula is C22H27N3O4S. The summed E-state index contributed by atoms with van der Waals surface area (Å²) in [6, 6.07) is 14.9. The number of hydrogen-bond acceptors (Lipinski definition) is 5. The Morgan fingerprint density at radius 3 is 2.20 bits per heavy atom. The predicted octanol–water partition coefficient (Wildman–Crippen LogP) is 4.07. The predicted molar refractivity (Wildman–Crippen MR) is 118 cm³/mol. The molecule has 0 heterocycles. The van der Waals surface area contributed by atoms with Gasteiger partial charge in [0.15, 0.2) is 0 Å². The number of sulfonamides is 1. The standard InChI is InChI=1S/C22H27N3O4S/c1-17(22(26)24-23-18-9-5-3-6-10-18)25(30(2,27)28)19-13-15-21(16-14-19)29-20-11-7-4-8-12-20/h4,7-8,11-17H,3,5-6,9-10H2,1-2H3,(H,24,26)/t17-/m0/s1. The van der Waals surface area contributed by atoms with Crippen LogP contribution in [0.25, 0.3) is 0 Å². The smallest absolute Gasteiger partial charge is 0.263 e. The first kappa shape index (κ1) is 21.8. The van der Waals surface area contributed by atoms with Gasteiger partial charge in [-0.3, -0.25) is 9.10 Å². The van der Waals surface area contributed by atoms with E-state index >= 15 is 0 Å². The van der Waals surface area contributed by atoms with E-state index < -0.39 is 22.0 Å². The first-order valence-electron chi connectivity index (χ1n) is 10.0. The third-order valence-electron chi connectivity index (χ3n) is 4.91. The third-order valence-corrected chi connectivity index (χ3v) is 6.16. The maximum atomic E-state index is 12.6. The summed E-state index contributed by atoms with van der Waals surface area (Å²) in [5.41, 5.74) is 3.87. The van der Waals surface area contributed by atoms with E-state index in [-0.39, 0.29) is 0 Å². The number of rotatable bonds is 7.